The first-order valence-electron chi connectivity index (χ1n) is 10.5. The fourth-order valence-electron chi connectivity index (χ4n) is 3.42. The molecule has 0 spiro atoms. The van der Waals surface area contributed by atoms with Crippen LogP contribution in [0.2, 0.25) is 0 Å². The minimum Gasteiger partial charge on any atom is -0.382 e. The van der Waals surface area contributed by atoms with E-state index in [1.165, 1.54) is 0 Å². The monoisotopic (exact) mass is 422 g/mol. The van der Waals surface area contributed by atoms with Gasteiger partial charge >= 0.3 is 0 Å². The SMILES string of the molecule is Cc1ccccc1C1=NO[C@@H](C(=O)N[C@@H](Cc2ccccc2)C(=O)NCCN(C)C)C1. The summed E-state index contributed by atoms with van der Waals surface area (Å²) in [7, 11) is 3.89. The van der Waals surface area contributed by atoms with Gasteiger partial charge in [-0.1, -0.05) is 59.8 Å². The van der Waals surface area contributed by atoms with Crippen LogP contribution in [0, 0.1) is 6.92 Å². The van der Waals surface area contributed by atoms with Gasteiger partial charge in [0.25, 0.3) is 5.91 Å². The summed E-state index contributed by atoms with van der Waals surface area (Å²) in [4.78, 5) is 33.1. The lowest BCUT2D eigenvalue weighted by atomic mass is 9.99. The number of nitrogens with zero attached hydrogens (tertiary/aromatic N) is 2. The molecule has 0 saturated carbocycles. The van der Waals surface area contributed by atoms with Crippen molar-refractivity contribution in [2.45, 2.75) is 31.9 Å². The first-order chi connectivity index (χ1) is 14.9. The molecule has 1 heterocycles. The Morgan fingerprint density at radius 3 is 2.55 bits per heavy atom. The topological polar surface area (TPSA) is 83.0 Å². The highest BCUT2D eigenvalue weighted by atomic mass is 16.6. The molecule has 2 atom stereocenters. The summed E-state index contributed by atoms with van der Waals surface area (Å²) in [5.74, 6) is -0.548. The molecule has 31 heavy (non-hydrogen) atoms. The highest BCUT2D eigenvalue weighted by Crippen LogP contribution is 2.19. The number of nitrogens with one attached hydrogen (secondary N) is 2. The zero-order valence-corrected chi connectivity index (χ0v) is 18.3. The van der Waals surface area contributed by atoms with Gasteiger partial charge in [0, 0.05) is 31.5 Å². The van der Waals surface area contributed by atoms with Gasteiger partial charge in [-0.3, -0.25) is 9.59 Å². The quantitative estimate of drug-likeness (QED) is 0.647. The zero-order valence-electron chi connectivity index (χ0n) is 18.3. The maximum absolute atomic E-state index is 12.9. The van der Waals surface area contributed by atoms with Gasteiger partial charge in [-0.25, -0.2) is 0 Å². The van der Waals surface area contributed by atoms with Crippen LogP contribution in [0.25, 0.3) is 0 Å². The van der Waals surface area contributed by atoms with Gasteiger partial charge in [0.15, 0.2) is 0 Å². The second-order valence-electron chi connectivity index (χ2n) is 8.00. The van der Waals surface area contributed by atoms with Gasteiger partial charge in [0.2, 0.25) is 12.0 Å². The molecular formula is C24H30N4O3. The Kier molecular flexibility index (Phi) is 7.78. The van der Waals surface area contributed by atoms with E-state index in [4.69, 9.17) is 4.84 Å². The number of amides is 2. The van der Waals surface area contributed by atoms with Crippen LogP contribution in [0.3, 0.4) is 0 Å². The summed E-state index contributed by atoms with van der Waals surface area (Å²) in [6.45, 7) is 3.23. The van der Waals surface area contributed by atoms with Crippen molar-refractivity contribution in [2.24, 2.45) is 5.16 Å². The molecule has 0 bridgehead atoms. The molecule has 0 radical (unpaired) electrons. The summed E-state index contributed by atoms with van der Waals surface area (Å²) >= 11 is 0. The average molecular weight is 423 g/mol. The Labute approximate surface area is 183 Å². The number of carbonyl (C=O) groups excluding carboxylic acids is 2. The van der Waals surface area contributed by atoms with E-state index in [0.29, 0.717) is 19.4 Å². The Bertz CT molecular complexity index is 927. The third-order valence-corrected chi connectivity index (χ3v) is 5.19. The molecule has 2 aromatic carbocycles. The van der Waals surface area contributed by atoms with Crippen LogP contribution in [0.1, 0.15) is 23.1 Å². The second-order valence-corrected chi connectivity index (χ2v) is 8.00. The lowest BCUT2D eigenvalue weighted by Crippen LogP contribution is -2.51. The zero-order chi connectivity index (χ0) is 22.2. The van der Waals surface area contributed by atoms with E-state index in [2.05, 4.69) is 15.8 Å². The number of rotatable bonds is 9. The number of hydrogen-bond acceptors (Lipinski definition) is 5. The Hall–Kier alpha value is -3.19. The van der Waals surface area contributed by atoms with E-state index >= 15 is 0 Å². The normalized spacial score (nSPS) is 16.4. The lowest BCUT2D eigenvalue weighted by Gasteiger charge is -2.20. The molecule has 2 aromatic rings. The number of likely N-dealkylation sites (N-methyl/N-ethyl adjacent to an activating group) is 1. The van der Waals surface area contributed by atoms with Crippen LogP contribution < -0.4 is 10.6 Å². The number of aryl methyl sites for hydroxylation is 1. The summed E-state index contributed by atoms with van der Waals surface area (Å²) in [5, 5.41) is 9.90. The fraction of sp³-hybridized carbons (Fsp3) is 0.375. The van der Waals surface area contributed by atoms with E-state index < -0.39 is 12.1 Å². The van der Waals surface area contributed by atoms with Crippen LogP contribution in [-0.2, 0) is 20.8 Å². The third kappa shape index (κ3) is 6.39. The first-order valence-corrected chi connectivity index (χ1v) is 10.5. The van der Waals surface area contributed by atoms with Gasteiger partial charge in [-0.2, -0.15) is 0 Å². The molecule has 7 heteroatoms. The number of benzene rings is 2. The van der Waals surface area contributed by atoms with Gasteiger partial charge in [0.05, 0.1) is 5.71 Å². The van der Waals surface area contributed by atoms with Crippen molar-refractivity contribution in [2.75, 3.05) is 27.2 Å². The van der Waals surface area contributed by atoms with Crippen molar-refractivity contribution in [3.63, 3.8) is 0 Å². The highest BCUT2D eigenvalue weighted by Gasteiger charge is 2.32. The summed E-state index contributed by atoms with van der Waals surface area (Å²) in [6, 6.07) is 16.8. The van der Waals surface area contributed by atoms with Crippen molar-refractivity contribution >= 4 is 17.5 Å². The molecule has 1 aliphatic rings. The van der Waals surface area contributed by atoms with E-state index in [1.807, 2.05) is 80.5 Å². The largest absolute Gasteiger partial charge is 0.382 e. The third-order valence-electron chi connectivity index (χ3n) is 5.19. The molecule has 0 fully saturated rings. The minimum atomic E-state index is -0.748. The molecule has 0 saturated heterocycles. The van der Waals surface area contributed by atoms with Gasteiger partial charge < -0.3 is 20.4 Å². The Morgan fingerprint density at radius 2 is 1.84 bits per heavy atom. The lowest BCUT2D eigenvalue weighted by molar-refractivity contribution is -0.135. The molecule has 164 valence electrons. The molecule has 3 rings (SSSR count). The van der Waals surface area contributed by atoms with Crippen molar-refractivity contribution in [3.8, 4) is 0 Å². The highest BCUT2D eigenvalue weighted by molar-refractivity contribution is 6.05. The predicted molar refractivity (Wildman–Crippen MR) is 121 cm³/mol. The summed E-state index contributed by atoms with van der Waals surface area (Å²) < 4.78 is 0. The fourth-order valence-corrected chi connectivity index (χ4v) is 3.42. The van der Waals surface area contributed by atoms with Crippen molar-refractivity contribution in [1.29, 1.82) is 0 Å². The first kappa shape index (κ1) is 22.5. The number of hydrogen-bond donors (Lipinski definition) is 2. The molecule has 0 aromatic heterocycles. The van der Waals surface area contributed by atoms with E-state index in [9.17, 15) is 9.59 Å². The second kappa shape index (κ2) is 10.7. The van der Waals surface area contributed by atoms with Gasteiger partial charge in [-0.05, 0) is 32.1 Å². The number of oxime groups is 1. The molecule has 0 unspecified atom stereocenters. The summed E-state index contributed by atoms with van der Waals surface area (Å²) in [5.41, 5.74) is 3.77. The van der Waals surface area contributed by atoms with E-state index in [-0.39, 0.29) is 11.8 Å². The van der Waals surface area contributed by atoms with E-state index in [0.717, 1.165) is 28.9 Å². The molecule has 2 amide bonds. The van der Waals surface area contributed by atoms with Gasteiger partial charge in [-0.15, -0.1) is 0 Å². The Morgan fingerprint density at radius 1 is 1.13 bits per heavy atom. The molecule has 0 aliphatic carbocycles. The van der Waals surface area contributed by atoms with Crippen LogP contribution in [0.5, 0.6) is 0 Å². The predicted octanol–water partition coefficient (Wildman–Crippen LogP) is 1.89. The van der Waals surface area contributed by atoms with E-state index in [1.54, 1.807) is 0 Å². The van der Waals surface area contributed by atoms with Gasteiger partial charge in [0.1, 0.15) is 6.04 Å². The Balaban J connectivity index is 1.63. The van der Waals surface area contributed by atoms with Crippen molar-refractivity contribution < 1.29 is 14.4 Å². The van der Waals surface area contributed by atoms with Crippen LogP contribution >= 0.6 is 0 Å². The van der Waals surface area contributed by atoms with Crippen molar-refractivity contribution in [1.82, 2.24) is 15.5 Å². The standard InChI is InChI=1S/C24H30N4O3/c1-17-9-7-8-12-19(17)20-16-22(31-27-20)24(30)26-21(15-18-10-5-4-6-11-18)23(29)25-13-14-28(2)3/h4-12,21-22H,13-16H2,1-3H3,(H,25,29)(H,26,30)/t21-,22+/m0/s1. The number of carbonyl (C=O) groups is 2. The van der Waals surface area contributed by atoms with Crippen LogP contribution in [0.4, 0.5) is 0 Å². The van der Waals surface area contributed by atoms with Crippen LogP contribution in [-0.4, -0.2) is 61.8 Å². The molecule has 2 N–H and O–H groups in total. The van der Waals surface area contributed by atoms with Crippen molar-refractivity contribution in [3.05, 3.63) is 71.3 Å². The maximum Gasteiger partial charge on any atom is 0.265 e. The molecule has 7 nitrogen and oxygen atoms in total. The minimum absolute atomic E-state index is 0.211. The van der Waals surface area contributed by atoms with Crippen LogP contribution in [0.15, 0.2) is 59.8 Å². The smallest absolute Gasteiger partial charge is 0.265 e. The maximum atomic E-state index is 12.9. The molecular weight excluding hydrogens is 392 g/mol. The molecule has 1 aliphatic heterocycles. The average Bonchev–Trinajstić information content (AvgIpc) is 3.24. The summed E-state index contributed by atoms with van der Waals surface area (Å²) in [6.07, 6.45) is 0.0257.